The summed E-state index contributed by atoms with van der Waals surface area (Å²) >= 11 is 6.36. The Balaban J connectivity index is 2.00. The number of amides is 2. The summed E-state index contributed by atoms with van der Waals surface area (Å²) in [5, 5.41) is 4.92. The molecule has 0 fully saturated rings. The summed E-state index contributed by atoms with van der Waals surface area (Å²) in [5.41, 5.74) is 1.06. The number of nitrogens with one attached hydrogen (secondary N) is 1. The Bertz CT molecular complexity index is 1340. The van der Waals surface area contributed by atoms with E-state index in [1.54, 1.807) is 43.3 Å². The molecule has 0 saturated heterocycles. The Morgan fingerprint density at radius 3 is 2.28 bits per heavy atom. The van der Waals surface area contributed by atoms with Gasteiger partial charge >= 0.3 is 0 Å². The zero-order valence-corrected chi connectivity index (χ0v) is 22.5. The summed E-state index contributed by atoms with van der Waals surface area (Å²) in [6, 6.07) is 18.8. The molecule has 0 bridgehead atoms. The van der Waals surface area contributed by atoms with Crippen LogP contribution in [-0.4, -0.2) is 50.0 Å². The van der Waals surface area contributed by atoms with Crippen LogP contribution in [0.15, 0.2) is 66.7 Å². The molecule has 0 aliphatic rings. The Kier molecular flexibility index (Phi) is 8.98. The van der Waals surface area contributed by atoms with Gasteiger partial charge in [0.2, 0.25) is 21.8 Å². The molecular formula is C27H32ClN3O4S. The van der Waals surface area contributed by atoms with Gasteiger partial charge in [-0.25, -0.2) is 8.42 Å². The first-order chi connectivity index (χ1) is 17.0. The quantitative estimate of drug-likeness (QED) is 0.416. The van der Waals surface area contributed by atoms with E-state index in [1.807, 2.05) is 44.2 Å². The van der Waals surface area contributed by atoms with Crippen molar-refractivity contribution in [3.8, 4) is 0 Å². The van der Waals surface area contributed by atoms with Crippen LogP contribution in [0.4, 0.5) is 5.69 Å². The minimum atomic E-state index is -3.83. The Morgan fingerprint density at radius 2 is 1.61 bits per heavy atom. The molecule has 0 radical (unpaired) electrons. The third-order valence-electron chi connectivity index (χ3n) is 6.18. The maximum absolute atomic E-state index is 13.7. The van der Waals surface area contributed by atoms with Crippen LogP contribution in [0, 0.1) is 0 Å². The molecule has 0 heterocycles. The van der Waals surface area contributed by atoms with Gasteiger partial charge in [-0.15, -0.1) is 0 Å². The topological polar surface area (TPSA) is 86.8 Å². The zero-order chi connectivity index (χ0) is 26.5. The van der Waals surface area contributed by atoms with Gasteiger partial charge in [0.25, 0.3) is 0 Å². The van der Waals surface area contributed by atoms with Crippen LogP contribution in [0.3, 0.4) is 0 Å². The van der Waals surface area contributed by atoms with Crippen molar-refractivity contribution in [2.75, 3.05) is 17.1 Å². The lowest BCUT2D eigenvalue weighted by Crippen LogP contribution is -2.52. The predicted molar refractivity (Wildman–Crippen MR) is 145 cm³/mol. The summed E-state index contributed by atoms with van der Waals surface area (Å²) in [6.07, 6.45) is 1.80. The van der Waals surface area contributed by atoms with Crippen molar-refractivity contribution >= 4 is 49.9 Å². The van der Waals surface area contributed by atoms with E-state index >= 15 is 0 Å². The van der Waals surface area contributed by atoms with Crippen LogP contribution in [0.1, 0.15) is 32.8 Å². The molecule has 0 aliphatic heterocycles. The number of hydrogen-bond acceptors (Lipinski definition) is 4. The molecule has 0 aliphatic carbocycles. The first-order valence-electron chi connectivity index (χ1n) is 11.8. The minimum Gasteiger partial charge on any atom is -0.352 e. The Hall–Kier alpha value is -3.10. The van der Waals surface area contributed by atoms with Gasteiger partial charge in [0.05, 0.1) is 11.9 Å². The second kappa shape index (κ2) is 11.8. The number of nitrogens with zero attached hydrogens (tertiary/aromatic N) is 2. The van der Waals surface area contributed by atoms with E-state index in [-0.39, 0.29) is 18.5 Å². The summed E-state index contributed by atoms with van der Waals surface area (Å²) in [7, 11) is -3.83. The number of anilines is 1. The first kappa shape index (κ1) is 27.5. The van der Waals surface area contributed by atoms with E-state index in [0.717, 1.165) is 22.4 Å². The summed E-state index contributed by atoms with van der Waals surface area (Å²) in [6.45, 7) is 5.07. The maximum Gasteiger partial charge on any atom is 0.244 e. The maximum atomic E-state index is 13.7. The molecule has 3 aromatic carbocycles. The van der Waals surface area contributed by atoms with Crippen LogP contribution < -0.4 is 9.62 Å². The third kappa shape index (κ3) is 6.56. The van der Waals surface area contributed by atoms with Crippen molar-refractivity contribution in [3.63, 3.8) is 0 Å². The highest BCUT2D eigenvalue weighted by molar-refractivity contribution is 7.92. The second-order valence-corrected chi connectivity index (χ2v) is 11.2. The molecule has 2 amide bonds. The van der Waals surface area contributed by atoms with Gasteiger partial charge < -0.3 is 10.2 Å². The largest absolute Gasteiger partial charge is 0.352 e. The molecule has 2 atom stereocenters. The van der Waals surface area contributed by atoms with E-state index in [1.165, 1.54) is 4.90 Å². The number of hydrogen-bond donors (Lipinski definition) is 1. The average Bonchev–Trinajstić information content (AvgIpc) is 2.85. The van der Waals surface area contributed by atoms with Gasteiger partial charge in [-0.2, -0.15) is 0 Å². The molecule has 0 saturated carbocycles. The molecular weight excluding hydrogens is 498 g/mol. The van der Waals surface area contributed by atoms with Crippen molar-refractivity contribution in [1.82, 2.24) is 10.2 Å². The number of carbonyl (C=O) groups is 2. The predicted octanol–water partition coefficient (Wildman–Crippen LogP) is 4.59. The fraction of sp³-hybridized carbons (Fsp3) is 0.333. The van der Waals surface area contributed by atoms with E-state index in [2.05, 4.69) is 5.32 Å². The van der Waals surface area contributed by atoms with Crippen LogP contribution in [0.2, 0.25) is 5.02 Å². The van der Waals surface area contributed by atoms with Gasteiger partial charge in [-0.3, -0.25) is 13.9 Å². The lowest BCUT2D eigenvalue weighted by molar-refractivity contribution is -0.139. The highest BCUT2D eigenvalue weighted by atomic mass is 35.5. The molecule has 36 heavy (non-hydrogen) atoms. The normalized spacial score (nSPS) is 13.1. The molecule has 9 heteroatoms. The molecule has 0 aromatic heterocycles. The van der Waals surface area contributed by atoms with Crippen molar-refractivity contribution in [1.29, 1.82) is 0 Å². The van der Waals surface area contributed by atoms with Crippen LogP contribution >= 0.6 is 11.6 Å². The monoisotopic (exact) mass is 529 g/mol. The van der Waals surface area contributed by atoms with Crippen LogP contribution in [-0.2, 0) is 26.2 Å². The van der Waals surface area contributed by atoms with Crippen molar-refractivity contribution < 1.29 is 18.0 Å². The van der Waals surface area contributed by atoms with E-state index < -0.39 is 28.5 Å². The zero-order valence-electron chi connectivity index (χ0n) is 20.9. The van der Waals surface area contributed by atoms with E-state index in [4.69, 9.17) is 11.6 Å². The minimum absolute atomic E-state index is 0.0563. The van der Waals surface area contributed by atoms with Crippen LogP contribution in [0.5, 0.6) is 0 Å². The second-order valence-electron chi connectivity index (χ2n) is 8.87. The standard InChI is InChI=1S/C27H32ClN3O4S/c1-5-19(2)29-27(33)20(3)30(17-22-12-7-9-15-24(22)28)26(32)18-31(36(4,34)35)25-16-10-13-21-11-6-8-14-23(21)25/h6-16,19-20H,5,17-18H2,1-4H3,(H,29,33). The highest BCUT2D eigenvalue weighted by Crippen LogP contribution is 2.29. The van der Waals surface area contributed by atoms with Gasteiger partial charge in [0, 0.05) is 23.0 Å². The summed E-state index contributed by atoms with van der Waals surface area (Å²) in [5.74, 6) is -0.832. The lowest BCUT2D eigenvalue weighted by Gasteiger charge is -2.32. The molecule has 192 valence electrons. The molecule has 3 rings (SSSR count). The average molecular weight is 530 g/mol. The van der Waals surface area contributed by atoms with E-state index in [0.29, 0.717) is 21.7 Å². The number of carbonyl (C=O) groups excluding carboxylic acids is 2. The third-order valence-corrected chi connectivity index (χ3v) is 7.68. The smallest absolute Gasteiger partial charge is 0.244 e. The highest BCUT2D eigenvalue weighted by Gasteiger charge is 2.31. The number of fused-ring (bicyclic) bond motifs is 1. The SMILES string of the molecule is CCC(C)NC(=O)C(C)N(Cc1ccccc1Cl)C(=O)CN(c1cccc2ccccc12)S(C)(=O)=O. The fourth-order valence-corrected chi connectivity index (χ4v) is 4.94. The van der Waals surface area contributed by atoms with Gasteiger partial charge in [-0.05, 0) is 43.4 Å². The molecule has 7 nitrogen and oxygen atoms in total. The van der Waals surface area contributed by atoms with Crippen molar-refractivity contribution in [2.45, 2.75) is 45.8 Å². The van der Waals surface area contributed by atoms with Gasteiger partial charge in [0.1, 0.15) is 12.6 Å². The van der Waals surface area contributed by atoms with Gasteiger partial charge in [-0.1, -0.05) is 73.1 Å². The Labute approximate surface area is 218 Å². The van der Waals surface area contributed by atoms with E-state index in [9.17, 15) is 18.0 Å². The van der Waals surface area contributed by atoms with Crippen LogP contribution in [0.25, 0.3) is 10.8 Å². The number of sulfonamides is 1. The fourth-order valence-electron chi connectivity index (χ4n) is 3.88. The molecule has 3 aromatic rings. The lowest BCUT2D eigenvalue weighted by atomic mass is 10.1. The molecule has 2 unspecified atom stereocenters. The number of rotatable bonds is 10. The summed E-state index contributed by atoms with van der Waals surface area (Å²) in [4.78, 5) is 28.1. The van der Waals surface area contributed by atoms with Crippen molar-refractivity contribution in [3.05, 3.63) is 77.3 Å². The molecule has 1 N–H and O–H groups in total. The van der Waals surface area contributed by atoms with Gasteiger partial charge in [0.15, 0.2) is 0 Å². The van der Waals surface area contributed by atoms with Crippen molar-refractivity contribution in [2.24, 2.45) is 0 Å². The number of halogens is 1. The summed E-state index contributed by atoms with van der Waals surface area (Å²) < 4.78 is 26.9. The Morgan fingerprint density at radius 1 is 0.972 bits per heavy atom. The number of benzene rings is 3. The first-order valence-corrected chi connectivity index (χ1v) is 14.0. The molecule has 0 spiro atoms.